The minimum absolute atomic E-state index is 0.0650. The number of hydrogen-bond acceptors (Lipinski definition) is 7. The number of ether oxygens (including phenoxy) is 1. The lowest BCUT2D eigenvalue weighted by Gasteiger charge is -2.22. The molecule has 2 heterocycles. The molecule has 0 fully saturated rings. The molecule has 34 heavy (non-hydrogen) atoms. The van der Waals surface area contributed by atoms with E-state index < -0.39 is 5.97 Å². The van der Waals surface area contributed by atoms with Crippen molar-refractivity contribution in [3.63, 3.8) is 0 Å². The first kappa shape index (κ1) is 23.3. The summed E-state index contributed by atoms with van der Waals surface area (Å²) < 4.78 is 6.47. The summed E-state index contributed by atoms with van der Waals surface area (Å²) in [6, 6.07) is 16.0. The van der Waals surface area contributed by atoms with Crippen LogP contribution in [0.3, 0.4) is 0 Å². The Labute approximate surface area is 197 Å². The summed E-state index contributed by atoms with van der Waals surface area (Å²) in [5.41, 5.74) is 4.67. The summed E-state index contributed by atoms with van der Waals surface area (Å²) in [4.78, 5) is 30.0. The summed E-state index contributed by atoms with van der Waals surface area (Å²) in [6.07, 6.45) is 0. The van der Waals surface area contributed by atoms with E-state index in [1.54, 1.807) is 6.92 Å². The number of fused-ring (bicyclic) bond motifs is 1. The number of nitrogens with one attached hydrogen (secondary N) is 1. The highest BCUT2D eigenvalue weighted by atomic mass is 16.5. The number of aromatic nitrogens is 5. The minimum Gasteiger partial charge on any atom is -0.465 e. The predicted octanol–water partition coefficient (Wildman–Crippen LogP) is 2.90. The monoisotopic (exact) mass is 460 g/mol. The number of nitrogens with zero attached hydrogens (tertiary/aromatic N) is 5. The first-order chi connectivity index (χ1) is 16.4. The second-order valence-corrected chi connectivity index (χ2v) is 8.36. The van der Waals surface area contributed by atoms with Crippen LogP contribution >= 0.6 is 0 Å². The molecular weight excluding hydrogens is 432 g/mol. The number of benzene rings is 2. The zero-order chi connectivity index (χ0) is 24.1. The van der Waals surface area contributed by atoms with Gasteiger partial charge < -0.3 is 9.72 Å². The van der Waals surface area contributed by atoms with Gasteiger partial charge in [-0.1, -0.05) is 36.4 Å². The van der Waals surface area contributed by atoms with Gasteiger partial charge in [0.2, 0.25) is 0 Å². The molecule has 0 unspecified atom stereocenters. The van der Waals surface area contributed by atoms with Gasteiger partial charge in [-0.05, 0) is 60.0 Å². The van der Waals surface area contributed by atoms with Crippen molar-refractivity contribution >= 4 is 16.9 Å². The van der Waals surface area contributed by atoms with Crippen molar-refractivity contribution in [3.8, 4) is 0 Å². The summed E-state index contributed by atoms with van der Waals surface area (Å²) in [5, 5.41) is 12.8. The van der Waals surface area contributed by atoms with Gasteiger partial charge in [0.15, 0.2) is 5.82 Å². The maximum atomic E-state index is 12.9. The number of hydrogen-bond donors (Lipinski definition) is 1. The first-order valence-corrected chi connectivity index (χ1v) is 11.2. The molecule has 0 radical (unpaired) electrons. The third-order valence-corrected chi connectivity index (χ3v) is 5.59. The molecule has 0 bridgehead atoms. The molecule has 0 atom stereocenters. The highest BCUT2D eigenvalue weighted by Crippen LogP contribution is 2.20. The second-order valence-electron chi connectivity index (χ2n) is 8.36. The van der Waals surface area contributed by atoms with Gasteiger partial charge in [-0.25, -0.2) is 4.68 Å². The lowest BCUT2D eigenvalue weighted by atomic mass is 10.0. The average Bonchev–Trinajstić information content (AvgIpc) is 3.21. The van der Waals surface area contributed by atoms with E-state index in [0.717, 1.165) is 27.6 Å². The molecule has 1 N–H and O–H groups in total. The highest BCUT2D eigenvalue weighted by Gasteiger charge is 2.17. The van der Waals surface area contributed by atoms with Crippen LogP contribution in [0.25, 0.3) is 10.9 Å². The molecule has 4 rings (SSSR count). The molecule has 0 aliphatic carbocycles. The average molecular weight is 461 g/mol. The van der Waals surface area contributed by atoms with Crippen molar-refractivity contribution in [2.45, 2.75) is 47.0 Å². The van der Waals surface area contributed by atoms with Gasteiger partial charge in [-0.15, -0.1) is 5.10 Å². The van der Waals surface area contributed by atoms with E-state index in [0.29, 0.717) is 37.6 Å². The number of rotatable bonds is 9. The van der Waals surface area contributed by atoms with Crippen LogP contribution in [0.15, 0.2) is 53.3 Å². The molecule has 9 nitrogen and oxygen atoms in total. The Kier molecular flexibility index (Phi) is 7.12. The van der Waals surface area contributed by atoms with E-state index in [1.807, 2.05) is 56.3 Å². The molecule has 0 amide bonds. The molecule has 2 aromatic heterocycles. The van der Waals surface area contributed by atoms with Crippen LogP contribution in [-0.2, 0) is 35.7 Å². The molecular formula is C25H28N6O3. The normalized spacial score (nSPS) is 11.3. The third-order valence-electron chi connectivity index (χ3n) is 5.59. The van der Waals surface area contributed by atoms with Crippen LogP contribution in [0.5, 0.6) is 0 Å². The number of pyridine rings is 1. The van der Waals surface area contributed by atoms with Crippen molar-refractivity contribution < 1.29 is 9.53 Å². The fourth-order valence-electron chi connectivity index (χ4n) is 4.07. The Balaban J connectivity index is 1.64. The van der Waals surface area contributed by atoms with Crippen LogP contribution in [-0.4, -0.2) is 42.7 Å². The zero-order valence-corrected chi connectivity index (χ0v) is 19.6. The van der Waals surface area contributed by atoms with Crippen LogP contribution in [0.1, 0.15) is 35.0 Å². The summed E-state index contributed by atoms with van der Waals surface area (Å²) in [7, 11) is 0. The molecule has 2 aromatic carbocycles. The van der Waals surface area contributed by atoms with Gasteiger partial charge in [0.05, 0.1) is 13.2 Å². The number of carbonyl (C=O) groups is 1. The lowest BCUT2D eigenvalue weighted by molar-refractivity contribution is -0.144. The standard InChI is InChI=1S/C25H28N6O3/c1-4-34-24(32)16-31-23(27-28-29-31)15-30(13-19-8-6-5-7-9-19)14-20-12-21-18(3)10-17(2)11-22(21)26-25(20)33/h5-12H,4,13-16H2,1-3H3,(H,26,33). The summed E-state index contributed by atoms with van der Waals surface area (Å²) in [5.74, 6) is 0.121. The highest BCUT2D eigenvalue weighted by molar-refractivity contribution is 5.83. The van der Waals surface area contributed by atoms with Gasteiger partial charge in [-0.3, -0.25) is 14.5 Å². The van der Waals surface area contributed by atoms with Crippen LogP contribution in [0, 0.1) is 13.8 Å². The molecule has 9 heteroatoms. The molecule has 176 valence electrons. The minimum atomic E-state index is -0.401. The van der Waals surface area contributed by atoms with Crippen molar-refractivity contribution in [1.82, 2.24) is 30.1 Å². The fourth-order valence-corrected chi connectivity index (χ4v) is 4.07. The van der Waals surface area contributed by atoms with E-state index in [-0.39, 0.29) is 12.1 Å². The predicted molar refractivity (Wildman–Crippen MR) is 128 cm³/mol. The maximum absolute atomic E-state index is 12.9. The van der Waals surface area contributed by atoms with E-state index in [1.165, 1.54) is 4.68 Å². The zero-order valence-electron chi connectivity index (χ0n) is 19.6. The van der Waals surface area contributed by atoms with Crippen molar-refractivity contribution in [2.24, 2.45) is 0 Å². The number of carbonyl (C=O) groups excluding carboxylic acids is 1. The molecule has 0 saturated heterocycles. The summed E-state index contributed by atoms with van der Waals surface area (Å²) in [6.45, 7) is 7.36. The Morgan fingerprint density at radius 1 is 1.09 bits per heavy atom. The SMILES string of the molecule is CCOC(=O)Cn1nnnc1CN(Cc1ccccc1)Cc1cc2c(C)cc(C)cc2[nH]c1=O. The van der Waals surface area contributed by atoms with E-state index in [9.17, 15) is 9.59 Å². The Bertz CT molecular complexity index is 1350. The number of H-pyrrole nitrogens is 1. The number of aromatic amines is 1. The first-order valence-electron chi connectivity index (χ1n) is 11.2. The van der Waals surface area contributed by atoms with E-state index in [4.69, 9.17) is 4.74 Å². The smallest absolute Gasteiger partial charge is 0.327 e. The molecule has 0 aliphatic heterocycles. The number of esters is 1. The van der Waals surface area contributed by atoms with Gasteiger partial charge in [0.25, 0.3) is 5.56 Å². The van der Waals surface area contributed by atoms with Crippen molar-refractivity contribution in [2.75, 3.05) is 6.61 Å². The summed E-state index contributed by atoms with van der Waals surface area (Å²) >= 11 is 0. The van der Waals surface area contributed by atoms with Crippen molar-refractivity contribution in [1.29, 1.82) is 0 Å². The second kappa shape index (κ2) is 10.4. The Hall–Kier alpha value is -3.85. The van der Waals surface area contributed by atoms with Crippen LogP contribution in [0.2, 0.25) is 0 Å². The van der Waals surface area contributed by atoms with E-state index in [2.05, 4.69) is 31.5 Å². The molecule has 0 saturated carbocycles. The largest absolute Gasteiger partial charge is 0.465 e. The third kappa shape index (κ3) is 5.55. The van der Waals surface area contributed by atoms with Crippen LogP contribution < -0.4 is 5.56 Å². The lowest BCUT2D eigenvalue weighted by Crippen LogP contribution is -2.28. The van der Waals surface area contributed by atoms with Crippen LogP contribution in [0.4, 0.5) is 0 Å². The van der Waals surface area contributed by atoms with Gasteiger partial charge in [0, 0.05) is 29.6 Å². The quantitative estimate of drug-likeness (QED) is 0.383. The molecule has 4 aromatic rings. The topological polar surface area (TPSA) is 106 Å². The van der Waals surface area contributed by atoms with Gasteiger partial charge >= 0.3 is 5.97 Å². The van der Waals surface area contributed by atoms with E-state index >= 15 is 0 Å². The maximum Gasteiger partial charge on any atom is 0.327 e. The number of aryl methyl sites for hydroxylation is 2. The molecule has 0 spiro atoms. The fraction of sp³-hybridized carbons (Fsp3) is 0.320. The number of tetrazole rings is 1. The van der Waals surface area contributed by atoms with Crippen molar-refractivity contribution in [3.05, 3.63) is 87.0 Å². The van der Waals surface area contributed by atoms with Gasteiger partial charge in [-0.2, -0.15) is 0 Å². The Morgan fingerprint density at radius 2 is 1.88 bits per heavy atom. The Morgan fingerprint density at radius 3 is 2.65 bits per heavy atom. The van der Waals surface area contributed by atoms with Gasteiger partial charge in [0.1, 0.15) is 6.54 Å². The molecule has 0 aliphatic rings.